The molecule has 0 spiro atoms. The highest BCUT2D eigenvalue weighted by molar-refractivity contribution is 5.89. The second-order valence-corrected chi connectivity index (χ2v) is 4.76. The summed E-state index contributed by atoms with van der Waals surface area (Å²) in [4.78, 5) is 22.9. The van der Waals surface area contributed by atoms with Crippen LogP contribution in [-0.4, -0.2) is 25.2 Å². The average molecular weight is 278 g/mol. The van der Waals surface area contributed by atoms with Crippen LogP contribution in [0.15, 0.2) is 22.3 Å². The molecule has 0 saturated carbocycles. The Morgan fingerprint density at radius 3 is 1.25 bits per heavy atom. The topological polar surface area (TPSA) is 52.6 Å². The SMILES string of the molecule is CC(C)=C(C)C(=O)OCC#CCOC(=O)C(C)=C(C)C. The number of carbonyl (C=O) groups excluding carboxylic acids is 2. The van der Waals surface area contributed by atoms with E-state index >= 15 is 0 Å². The van der Waals surface area contributed by atoms with E-state index in [9.17, 15) is 9.59 Å². The van der Waals surface area contributed by atoms with Crippen molar-refractivity contribution in [2.45, 2.75) is 41.5 Å². The van der Waals surface area contributed by atoms with Gasteiger partial charge in [-0.1, -0.05) is 23.0 Å². The molecule has 0 aliphatic rings. The Kier molecular flexibility index (Phi) is 8.07. The minimum Gasteiger partial charge on any atom is -0.449 e. The molecule has 0 heterocycles. The fourth-order valence-corrected chi connectivity index (χ4v) is 0.930. The molecule has 0 unspecified atom stereocenters. The highest BCUT2D eigenvalue weighted by Gasteiger charge is 2.06. The molecule has 0 aromatic rings. The minimum atomic E-state index is -0.378. The standard InChI is InChI=1S/C16H22O4/c1-11(2)13(5)15(17)19-9-7-8-10-20-16(18)14(6)12(3)4/h9-10H2,1-6H3. The van der Waals surface area contributed by atoms with Gasteiger partial charge in [-0.3, -0.25) is 0 Å². The van der Waals surface area contributed by atoms with E-state index in [0.29, 0.717) is 11.1 Å². The summed E-state index contributed by atoms with van der Waals surface area (Å²) in [5.41, 5.74) is 2.98. The molecule has 0 aliphatic carbocycles. The smallest absolute Gasteiger partial charge is 0.334 e. The van der Waals surface area contributed by atoms with Gasteiger partial charge in [0, 0.05) is 11.1 Å². The quantitative estimate of drug-likeness (QED) is 0.451. The number of allylic oxidation sites excluding steroid dienone is 2. The van der Waals surface area contributed by atoms with E-state index in [1.54, 1.807) is 13.8 Å². The number of carbonyl (C=O) groups is 2. The predicted octanol–water partition coefficient (Wildman–Crippen LogP) is 2.79. The first-order valence-electron chi connectivity index (χ1n) is 6.35. The number of hydrogen-bond acceptors (Lipinski definition) is 4. The molecule has 0 fully saturated rings. The second-order valence-electron chi connectivity index (χ2n) is 4.76. The number of esters is 2. The number of rotatable bonds is 4. The lowest BCUT2D eigenvalue weighted by Gasteiger charge is -2.03. The first kappa shape index (κ1) is 18.0. The largest absolute Gasteiger partial charge is 0.449 e. The zero-order valence-corrected chi connectivity index (χ0v) is 13.0. The third-order valence-corrected chi connectivity index (χ3v) is 2.79. The van der Waals surface area contributed by atoms with Crippen molar-refractivity contribution in [3.8, 4) is 11.8 Å². The van der Waals surface area contributed by atoms with E-state index in [2.05, 4.69) is 11.8 Å². The molecule has 0 aromatic heterocycles. The van der Waals surface area contributed by atoms with Crippen LogP contribution in [0.4, 0.5) is 0 Å². The monoisotopic (exact) mass is 278 g/mol. The van der Waals surface area contributed by atoms with Gasteiger partial charge in [0.25, 0.3) is 0 Å². The van der Waals surface area contributed by atoms with Crippen molar-refractivity contribution >= 4 is 11.9 Å². The number of ether oxygens (including phenoxy) is 2. The Morgan fingerprint density at radius 1 is 0.700 bits per heavy atom. The summed E-state index contributed by atoms with van der Waals surface area (Å²) in [6.07, 6.45) is 0. The highest BCUT2D eigenvalue weighted by atomic mass is 16.5. The van der Waals surface area contributed by atoms with E-state index in [1.165, 1.54) is 0 Å². The summed E-state index contributed by atoms with van der Waals surface area (Å²) in [5, 5.41) is 0. The normalized spacial score (nSPS) is 8.90. The molecule has 0 radical (unpaired) electrons. The highest BCUT2D eigenvalue weighted by Crippen LogP contribution is 2.04. The molecule has 0 N–H and O–H groups in total. The van der Waals surface area contributed by atoms with Gasteiger partial charge in [0.2, 0.25) is 0 Å². The molecule has 4 heteroatoms. The molecule has 0 aromatic carbocycles. The van der Waals surface area contributed by atoms with Crippen LogP contribution in [0.3, 0.4) is 0 Å². The Balaban J connectivity index is 4.10. The maximum Gasteiger partial charge on any atom is 0.334 e. The summed E-state index contributed by atoms with van der Waals surface area (Å²) in [6.45, 7) is 10.7. The van der Waals surface area contributed by atoms with Crippen LogP contribution in [0.2, 0.25) is 0 Å². The van der Waals surface area contributed by atoms with Crippen LogP contribution >= 0.6 is 0 Å². The van der Waals surface area contributed by atoms with Crippen molar-refractivity contribution < 1.29 is 19.1 Å². The third-order valence-electron chi connectivity index (χ3n) is 2.79. The zero-order valence-electron chi connectivity index (χ0n) is 13.0. The van der Waals surface area contributed by atoms with Crippen molar-refractivity contribution in [2.24, 2.45) is 0 Å². The van der Waals surface area contributed by atoms with E-state index in [1.807, 2.05) is 27.7 Å². The van der Waals surface area contributed by atoms with Crippen LogP contribution in [-0.2, 0) is 19.1 Å². The zero-order chi connectivity index (χ0) is 15.7. The van der Waals surface area contributed by atoms with E-state index in [-0.39, 0.29) is 25.2 Å². The van der Waals surface area contributed by atoms with Gasteiger partial charge in [0.1, 0.15) is 0 Å². The van der Waals surface area contributed by atoms with Gasteiger partial charge in [-0.25, -0.2) is 9.59 Å². The lowest BCUT2D eigenvalue weighted by molar-refractivity contribution is -0.138. The van der Waals surface area contributed by atoms with Crippen LogP contribution in [0.1, 0.15) is 41.5 Å². The van der Waals surface area contributed by atoms with Gasteiger partial charge in [-0.05, 0) is 41.5 Å². The Morgan fingerprint density at radius 2 is 1.00 bits per heavy atom. The Bertz CT molecular complexity index is 446. The van der Waals surface area contributed by atoms with Gasteiger partial charge >= 0.3 is 11.9 Å². The van der Waals surface area contributed by atoms with Crippen molar-refractivity contribution in [1.82, 2.24) is 0 Å². The van der Waals surface area contributed by atoms with Crippen LogP contribution in [0, 0.1) is 11.8 Å². The van der Waals surface area contributed by atoms with Gasteiger partial charge < -0.3 is 9.47 Å². The van der Waals surface area contributed by atoms with E-state index in [0.717, 1.165) is 11.1 Å². The summed E-state index contributed by atoms with van der Waals surface area (Å²) in [5.74, 6) is 4.49. The van der Waals surface area contributed by atoms with E-state index < -0.39 is 0 Å². The molecule has 0 saturated heterocycles. The summed E-state index contributed by atoms with van der Waals surface area (Å²) in [7, 11) is 0. The van der Waals surface area contributed by atoms with Crippen molar-refractivity contribution in [3.63, 3.8) is 0 Å². The summed E-state index contributed by atoms with van der Waals surface area (Å²) >= 11 is 0. The first-order chi connectivity index (χ1) is 9.27. The predicted molar refractivity (Wildman–Crippen MR) is 77.8 cm³/mol. The molecule has 0 aliphatic heterocycles. The average Bonchev–Trinajstić information content (AvgIpc) is 2.39. The van der Waals surface area contributed by atoms with E-state index in [4.69, 9.17) is 9.47 Å². The Labute approximate surface area is 120 Å². The lowest BCUT2D eigenvalue weighted by Crippen LogP contribution is -2.08. The first-order valence-corrected chi connectivity index (χ1v) is 6.35. The van der Waals surface area contributed by atoms with Crippen molar-refractivity contribution in [1.29, 1.82) is 0 Å². The molecule has 0 rings (SSSR count). The maximum absolute atomic E-state index is 11.5. The lowest BCUT2D eigenvalue weighted by atomic mass is 10.2. The molecular weight excluding hydrogens is 256 g/mol. The van der Waals surface area contributed by atoms with Crippen LogP contribution < -0.4 is 0 Å². The summed E-state index contributed by atoms with van der Waals surface area (Å²) < 4.78 is 9.88. The summed E-state index contributed by atoms with van der Waals surface area (Å²) in [6, 6.07) is 0. The van der Waals surface area contributed by atoms with Crippen LogP contribution in [0.25, 0.3) is 0 Å². The van der Waals surface area contributed by atoms with Crippen molar-refractivity contribution in [3.05, 3.63) is 22.3 Å². The van der Waals surface area contributed by atoms with Gasteiger partial charge in [0.15, 0.2) is 13.2 Å². The minimum absolute atomic E-state index is 0.0113. The fraction of sp³-hybridized carbons (Fsp3) is 0.500. The van der Waals surface area contributed by atoms with Gasteiger partial charge in [-0.15, -0.1) is 0 Å². The molecular formula is C16H22O4. The molecule has 110 valence electrons. The molecule has 0 atom stereocenters. The molecule has 4 nitrogen and oxygen atoms in total. The van der Waals surface area contributed by atoms with Gasteiger partial charge in [0.05, 0.1) is 0 Å². The third kappa shape index (κ3) is 6.79. The Hall–Kier alpha value is -2.02. The number of hydrogen-bond donors (Lipinski definition) is 0. The molecule has 20 heavy (non-hydrogen) atoms. The van der Waals surface area contributed by atoms with Crippen molar-refractivity contribution in [2.75, 3.05) is 13.2 Å². The fourth-order valence-electron chi connectivity index (χ4n) is 0.930. The second kappa shape index (κ2) is 8.98. The van der Waals surface area contributed by atoms with Crippen LogP contribution in [0.5, 0.6) is 0 Å². The molecule has 0 amide bonds. The molecule has 0 bridgehead atoms. The maximum atomic E-state index is 11.5. The van der Waals surface area contributed by atoms with Gasteiger partial charge in [-0.2, -0.15) is 0 Å².